The summed E-state index contributed by atoms with van der Waals surface area (Å²) in [5.74, 6) is 0.771. The molecule has 0 saturated heterocycles. The zero-order valence-corrected chi connectivity index (χ0v) is 18.9. The maximum atomic E-state index is 13.3. The molecule has 0 amide bonds. The Hall–Kier alpha value is -2.95. The first-order valence-corrected chi connectivity index (χ1v) is 12.4. The van der Waals surface area contributed by atoms with Gasteiger partial charge in [0.05, 0.1) is 15.2 Å². The number of anilines is 1. The van der Waals surface area contributed by atoms with E-state index in [2.05, 4.69) is 14.4 Å². The van der Waals surface area contributed by atoms with Crippen molar-refractivity contribution in [2.24, 2.45) is 0 Å². The minimum Gasteiger partial charge on any atom is -0.369 e. The van der Waals surface area contributed by atoms with Crippen LogP contribution >= 0.6 is 11.5 Å². The van der Waals surface area contributed by atoms with E-state index in [0.29, 0.717) is 18.5 Å². The molecule has 10 heteroatoms. The first-order valence-electron chi connectivity index (χ1n) is 10.1. The Balaban J connectivity index is 1.35. The molecule has 0 fully saturated rings. The molecule has 1 heterocycles. The highest BCUT2D eigenvalue weighted by Gasteiger charge is 2.33. The summed E-state index contributed by atoms with van der Waals surface area (Å²) >= 11 is 1.39. The Kier molecular flexibility index (Phi) is 6.68. The summed E-state index contributed by atoms with van der Waals surface area (Å²) in [5, 5.41) is 4.23. The third-order valence-electron chi connectivity index (χ3n) is 5.02. The molecule has 172 valence electrons. The summed E-state index contributed by atoms with van der Waals surface area (Å²) in [7, 11) is -3.78. The van der Waals surface area contributed by atoms with Crippen molar-refractivity contribution in [2.45, 2.75) is 17.5 Å². The van der Waals surface area contributed by atoms with Crippen LogP contribution in [0.4, 0.5) is 19.0 Å². The number of hydrogen-bond donors (Lipinski definition) is 2. The lowest BCUT2D eigenvalue weighted by atomic mass is 9.99. The number of alkyl halides is 3. The molecule has 0 atom stereocenters. The van der Waals surface area contributed by atoms with Crippen LogP contribution in [0.25, 0.3) is 21.2 Å². The van der Waals surface area contributed by atoms with Crippen LogP contribution in [0.3, 0.4) is 0 Å². The number of nitrogens with one attached hydrogen (secondary N) is 2. The molecular weight excluding hydrogens is 471 g/mol. The van der Waals surface area contributed by atoms with Gasteiger partial charge in [0.15, 0.2) is 0 Å². The number of benzene rings is 3. The molecule has 0 radical (unpaired) electrons. The van der Waals surface area contributed by atoms with Gasteiger partial charge in [-0.3, -0.25) is 0 Å². The van der Waals surface area contributed by atoms with Crippen molar-refractivity contribution in [1.82, 2.24) is 9.10 Å². The van der Waals surface area contributed by atoms with Crippen molar-refractivity contribution >= 4 is 37.5 Å². The normalized spacial score (nSPS) is 12.2. The van der Waals surface area contributed by atoms with Crippen molar-refractivity contribution in [3.63, 3.8) is 0 Å². The summed E-state index contributed by atoms with van der Waals surface area (Å²) in [6.07, 6.45) is -3.97. The van der Waals surface area contributed by atoms with Gasteiger partial charge in [-0.05, 0) is 59.4 Å². The average Bonchev–Trinajstić information content (AvgIpc) is 3.21. The molecule has 1 aromatic heterocycles. The van der Waals surface area contributed by atoms with Crippen molar-refractivity contribution in [3.05, 3.63) is 78.4 Å². The Morgan fingerprint density at radius 2 is 1.58 bits per heavy atom. The first kappa shape index (κ1) is 23.2. The minimum atomic E-state index is -4.50. The quantitative estimate of drug-likeness (QED) is 0.307. The third kappa shape index (κ3) is 5.35. The summed E-state index contributed by atoms with van der Waals surface area (Å²) < 4.78 is 72.8. The van der Waals surface area contributed by atoms with Crippen molar-refractivity contribution in [1.29, 1.82) is 0 Å². The van der Waals surface area contributed by atoms with Crippen LogP contribution in [0.1, 0.15) is 12.0 Å². The number of fused-ring (bicyclic) bond motifs is 1. The number of sulfonamides is 1. The molecule has 0 bridgehead atoms. The van der Waals surface area contributed by atoms with E-state index >= 15 is 0 Å². The topological polar surface area (TPSA) is 71.1 Å². The molecule has 0 aliphatic rings. The number of aromatic nitrogens is 1. The molecule has 5 nitrogen and oxygen atoms in total. The fraction of sp³-hybridized carbons (Fsp3) is 0.174. The molecule has 3 aromatic carbocycles. The maximum Gasteiger partial charge on any atom is 0.417 e. The second-order valence-electron chi connectivity index (χ2n) is 7.27. The molecule has 33 heavy (non-hydrogen) atoms. The average molecular weight is 492 g/mol. The lowest BCUT2D eigenvalue weighted by Gasteiger charge is -2.13. The number of hydrogen-bond acceptors (Lipinski definition) is 5. The number of nitrogens with zero attached hydrogens (tertiary/aromatic N) is 1. The molecule has 0 aliphatic heterocycles. The first-order chi connectivity index (χ1) is 15.8. The third-order valence-corrected chi connectivity index (χ3v) is 7.33. The van der Waals surface area contributed by atoms with Gasteiger partial charge in [0.25, 0.3) is 0 Å². The van der Waals surface area contributed by atoms with Crippen LogP contribution in [0.15, 0.2) is 77.7 Å². The zero-order chi connectivity index (χ0) is 23.5. The van der Waals surface area contributed by atoms with Gasteiger partial charge in [-0.2, -0.15) is 17.5 Å². The molecule has 2 N–H and O–H groups in total. The van der Waals surface area contributed by atoms with Gasteiger partial charge in [0.1, 0.15) is 5.82 Å². The van der Waals surface area contributed by atoms with Gasteiger partial charge in [0, 0.05) is 18.5 Å². The minimum absolute atomic E-state index is 0.00236. The van der Waals surface area contributed by atoms with Gasteiger partial charge in [0.2, 0.25) is 10.0 Å². The highest BCUT2D eigenvalue weighted by atomic mass is 32.2. The molecule has 0 saturated carbocycles. The van der Waals surface area contributed by atoms with E-state index in [-0.39, 0.29) is 17.0 Å². The van der Waals surface area contributed by atoms with Gasteiger partial charge in [-0.15, -0.1) is 0 Å². The van der Waals surface area contributed by atoms with Crippen LogP contribution in [0.2, 0.25) is 0 Å². The van der Waals surface area contributed by atoms with Crippen LogP contribution in [0.5, 0.6) is 0 Å². The summed E-state index contributed by atoms with van der Waals surface area (Å²) in [5.41, 5.74) is -0.469. The Morgan fingerprint density at radius 3 is 2.33 bits per heavy atom. The lowest BCUT2D eigenvalue weighted by molar-refractivity contribution is -0.137. The molecule has 4 rings (SSSR count). The molecule has 0 spiro atoms. The highest BCUT2D eigenvalue weighted by molar-refractivity contribution is 7.89. The van der Waals surface area contributed by atoms with Crippen LogP contribution < -0.4 is 10.0 Å². The fourth-order valence-corrected chi connectivity index (χ4v) is 5.22. The second-order valence-corrected chi connectivity index (χ2v) is 9.85. The van der Waals surface area contributed by atoms with Crippen molar-refractivity contribution in [2.75, 3.05) is 18.4 Å². The Labute approximate surface area is 193 Å². The molecule has 0 unspecified atom stereocenters. The van der Waals surface area contributed by atoms with E-state index in [9.17, 15) is 21.6 Å². The van der Waals surface area contributed by atoms with Crippen LogP contribution in [-0.4, -0.2) is 25.9 Å². The van der Waals surface area contributed by atoms with Crippen molar-refractivity contribution in [3.8, 4) is 11.1 Å². The fourth-order valence-electron chi connectivity index (χ4n) is 3.39. The van der Waals surface area contributed by atoms with Crippen LogP contribution in [0, 0.1) is 0 Å². The molecule has 4 aromatic rings. The summed E-state index contributed by atoms with van der Waals surface area (Å²) in [6.45, 7) is 0.736. The van der Waals surface area contributed by atoms with E-state index in [1.54, 1.807) is 0 Å². The van der Waals surface area contributed by atoms with Crippen molar-refractivity contribution < 1.29 is 21.6 Å². The second kappa shape index (κ2) is 9.50. The van der Waals surface area contributed by atoms with Gasteiger partial charge in [-0.25, -0.2) is 13.1 Å². The summed E-state index contributed by atoms with van der Waals surface area (Å²) in [4.78, 5) is -0.00538. The highest BCUT2D eigenvalue weighted by Crippen LogP contribution is 2.37. The maximum absolute atomic E-state index is 13.3. The lowest BCUT2D eigenvalue weighted by Crippen LogP contribution is -2.26. The number of rotatable bonds is 8. The Bertz CT molecular complexity index is 1350. The zero-order valence-electron chi connectivity index (χ0n) is 17.3. The van der Waals surface area contributed by atoms with Gasteiger partial charge in [-0.1, -0.05) is 42.5 Å². The SMILES string of the molecule is O=S(=O)(NCCCNc1nsc2ccccc12)c1ccc(-c2ccccc2C(F)(F)F)cc1. The smallest absolute Gasteiger partial charge is 0.369 e. The van der Waals surface area contributed by atoms with Crippen LogP contribution in [-0.2, 0) is 16.2 Å². The standard InChI is InChI=1S/C23H20F3N3O2S2/c24-23(25,26)20-8-3-1-6-18(20)16-10-12-17(13-11-16)33(30,31)28-15-5-14-27-22-19-7-2-4-9-21(19)32-29-22/h1-4,6-13,28H,5,14-15H2,(H,27,29). The predicted molar refractivity (Wildman–Crippen MR) is 125 cm³/mol. The molecular formula is C23H20F3N3O2S2. The monoisotopic (exact) mass is 491 g/mol. The summed E-state index contributed by atoms with van der Waals surface area (Å²) in [6, 6.07) is 18.4. The van der Waals surface area contributed by atoms with E-state index in [4.69, 9.17) is 0 Å². The van der Waals surface area contributed by atoms with E-state index in [1.165, 1.54) is 54.0 Å². The Morgan fingerprint density at radius 1 is 0.879 bits per heavy atom. The van der Waals surface area contributed by atoms with E-state index in [0.717, 1.165) is 22.0 Å². The van der Waals surface area contributed by atoms with Gasteiger partial charge < -0.3 is 5.32 Å². The van der Waals surface area contributed by atoms with E-state index < -0.39 is 21.8 Å². The van der Waals surface area contributed by atoms with E-state index in [1.807, 2.05) is 24.3 Å². The van der Waals surface area contributed by atoms with Gasteiger partial charge >= 0.3 is 6.18 Å². The predicted octanol–water partition coefficient (Wildman–Crippen LogP) is 5.76. The largest absolute Gasteiger partial charge is 0.417 e. The number of halogens is 3. The molecule has 0 aliphatic carbocycles.